The zero-order chi connectivity index (χ0) is 26.3. The van der Waals surface area contributed by atoms with Gasteiger partial charge in [0.25, 0.3) is 0 Å². The summed E-state index contributed by atoms with van der Waals surface area (Å²) in [6.45, 7) is 6.25. The summed E-state index contributed by atoms with van der Waals surface area (Å²) >= 11 is 0. The molecular formula is C26H32F3N3O3S. The summed E-state index contributed by atoms with van der Waals surface area (Å²) in [6, 6.07) is 12.9. The summed E-state index contributed by atoms with van der Waals surface area (Å²) in [7, 11) is -4.12. The smallest absolute Gasteiger partial charge is 0.316 e. The fourth-order valence-electron chi connectivity index (χ4n) is 5.37. The first-order valence-corrected chi connectivity index (χ1v) is 13.6. The second-order valence-electron chi connectivity index (χ2n) is 10.1. The molecule has 36 heavy (non-hydrogen) atoms. The maximum absolute atomic E-state index is 13.6. The van der Waals surface area contributed by atoms with Gasteiger partial charge < -0.3 is 4.90 Å². The van der Waals surface area contributed by atoms with Gasteiger partial charge in [-0.3, -0.25) is 10.1 Å². The van der Waals surface area contributed by atoms with E-state index in [1.807, 2.05) is 42.2 Å². The van der Waals surface area contributed by atoms with E-state index in [1.54, 1.807) is 0 Å². The number of amides is 1. The summed E-state index contributed by atoms with van der Waals surface area (Å²) in [5.41, 5.74) is -0.748. The molecule has 0 aliphatic carbocycles. The number of rotatable bonds is 6. The Labute approximate surface area is 210 Å². The van der Waals surface area contributed by atoms with E-state index in [-0.39, 0.29) is 41.9 Å². The number of hydrogen-bond acceptors (Lipinski definition) is 4. The minimum absolute atomic E-state index is 0.00533. The lowest BCUT2D eigenvalue weighted by molar-refractivity contribution is -0.138. The minimum atomic E-state index is -4.63. The number of carbonyl (C=O) groups excluding carboxylic acids is 1. The van der Waals surface area contributed by atoms with Crippen molar-refractivity contribution in [2.24, 2.45) is 5.92 Å². The lowest BCUT2D eigenvalue weighted by atomic mass is 9.94. The van der Waals surface area contributed by atoms with Crippen molar-refractivity contribution in [3.8, 4) is 0 Å². The monoisotopic (exact) mass is 523 g/mol. The Bertz CT molecular complexity index is 1190. The molecule has 2 unspecified atom stereocenters. The Morgan fingerprint density at radius 3 is 2.25 bits per heavy atom. The second-order valence-corrected chi connectivity index (χ2v) is 12.0. The number of carbonyl (C=O) groups is 1. The normalized spacial score (nSPS) is 21.9. The highest BCUT2D eigenvalue weighted by atomic mass is 32.2. The molecule has 0 saturated carbocycles. The van der Waals surface area contributed by atoms with Crippen LogP contribution in [0.25, 0.3) is 0 Å². The Hall–Kier alpha value is -2.43. The highest BCUT2D eigenvalue weighted by molar-refractivity contribution is 7.89. The number of nitrogens with one attached hydrogen (secondary N) is 1. The Kier molecular flexibility index (Phi) is 7.24. The molecule has 0 radical (unpaired) electrons. The van der Waals surface area contributed by atoms with Crippen LogP contribution < -0.4 is 5.32 Å². The van der Waals surface area contributed by atoms with Crippen LogP contribution in [0.1, 0.15) is 57.2 Å². The summed E-state index contributed by atoms with van der Waals surface area (Å²) in [4.78, 5) is 15.1. The predicted molar refractivity (Wildman–Crippen MR) is 130 cm³/mol. The van der Waals surface area contributed by atoms with E-state index >= 15 is 0 Å². The number of piperidine rings is 1. The molecule has 2 aliphatic heterocycles. The van der Waals surface area contributed by atoms with Gasteiger partial charge in [-0.1, -0.05) is 50.2 Å². The molecule has 2 saturated heterocycles. The van der Waals surface area contributed by atoms with E-state index < -0.39 is 27.4 Å². The van der Waals surface area contributed by atoms with Crippen molar-refractivity contribution in [1.29, 1.82) is 0 Å². The predicted octanol–water partition coefficient (Wildman–Crippen LogP) is 4.79. The number of hydrogen-bond donors (Lipinski definition) is 1. The van der Waals surface area contributed by atoms with Crippen molar-refractivity contribution in [3.05, 3.63) is 65.7 Å². The highest BCUT2D eigenvalue weighted by Gasteiger charge is 2.54. The number of alkyl halides is 3. The van der Waals surface area contributed by atoms with Crippen LogP contribution in [0.4, 0.5) is 13.2 Å². The molecule has 10 heteroatoms. The summed E-state index contributed by atoms with van der Waals surface area (Å²) < 4.78 is 67.2. The van der Waals surface area contributed by atoms with Crippen LogP contribution in [0, 0.1) is 5.92 Å². The molecule has 0 bridgehead atoms. The minimum Gasteiger partial charge on any atom is -0.316 e. The van der Waals surface area contributed by atoms with Gasteiger partial charge in [-0.2, -0.15) is 17.5 Å². The largest absolute Gasteiger partial charge is 0.416 e. The Morgan fingerprint density at radius 1 is 1.03 bits per heavy atom. The van der Waals surface area contributed by atoms with Gasteiger partial charge in [0.05, 0.1) is 28.2 Å². The molecule has 2 fully saturated rings. The van der Waals surface area contributed by atoms with Crippen LogP contribution in [0.5, 0.6) is 0 Å². The molecule has 2 atom stereocenters. The maximum Gasteiger partial charge on any atom is 0.416 e. The lowest BCUT2D eigenvalue weighted by Crippen LogP contribution is -2.60. The molecule has 4 rings (SSSR count). The quantitative estimate of drug-likeness (QED) is 0.591. The maximum atomic E-state index is 13.6. The zero-order valence-electron chi connectivity index (χ0n) is 20.6. The fourth-order valence-corrected chi connectivity index (χ4v) is 6.86. The van der Waals surface area contributed by atoms with E-state index in [0.717, 1.165) is 17.7 Å². The Morgan fingerprint density at radius 2 is 1.67 bits per heavy atom. The molecule has 0 aromatic heterocycles. The number of nitrogens with zero attached hydrogens (tertiary/aromatic N) is 2. The van der Waals surface area contributed by atoms with E-state index in [4.69, 9.17) is 0 Å². The van der Waals surface area contributed by atoms with Gasteiger partial charge in [0.1, 0.15) is 0 Å². The van der Waals surface area contributed by atoms with Gasteiger partial charge in [0, 0.05) is 13.1 Å². The first-order valence-electron chi connectivity index (χ1n) is 12.2. The first-order chi connectivity index (χ1) is 16.8. The fraction of sp³-hybridized carbons (Fsp3) is 0.500. The summed E-state index contributed by atoms with van der Waals surface area (Å²) in [6.07, 6.45) is -3.30. The second kappa shape index (κ2) is 9.79. The number of halogens is 3. The van der Waals surface area contributed by atoms with Crippen molar-refractivity contribution >= 4 is 15.9 Å². The van der Waals surface area contributed by atoms with Gasteiger partial charge in [-0.05, 0) is 55.9 Å². The standard InChI is InChI=1S/C26H32F3N3O3S/c1-18(2)16-23-24(33)32(19(3)20-8-5-4-6-9-20)25(30-23)12-14-31(15-13-25)36(34,35)22-11-7-10-21(17-22)26(27,28)29/h4-11,17-19,23,30H,12-16H2,1-3H3. The van der Waals surface area contributed by atoms with Crippen LogP contribution in [-0.4, -0.2) is 48.3 Å². The van der Waals surface area contributed by atoms with Crippen molar-refractivity contribution in [2.75, 3.05) is 13.1 Å². The molecule has 1 N–H and O–H groups in total. The van der Waals surface area contributed by atoms with E-state index in [9.17, 15) is 26.4 Å². The molecule has 2 aliphatic rings. The van der Waals surface area contributed by atoms with Gasteiger partial charge in [-0.15, -0.1) is 0 Å². The first kappa shape index (κ1) is 26.6. The zero-order valence-corrected chi connectivity index (χ0v) is 21.4. The lowest BCUT2D eigenvalue weighted by Gasteiger charge is -2.46. The van der Waals surface area contributed by atoms with Gasteiger partial charge in [-0.25, -0.2) is 8.42 Å². The summed E-state index contributed by atoms with van der Waals surface area (Å²) in [5, 5.41) is 3.54. The van der Waals surface area contributed by atoms with Crippen LogP contribution >= 0.6 is 0 Å². The molecule has 2 aromatic carbocycles. The number of sulfonamides is 1. The average molecular weight is 524 g/mol. The van der Waals surface area contributed by atoms with Crippen molar-refractivity contribution in [3.63, 3.8) is 0 Å². The van der Waals surface area contributed by atoms with E-state index in [1.165, 1.54) is 10.4 Å². The topological polar surface area (TPSA) is 69.7 Å². The number of benzene rings is 2. The van der Waals surface area contributed by atoms with Crippen LogP contribution in [-0.2, 0) is 21.0 Å². The van der Waals surface area contributed by atoms with Crippen molar-refractivity contribution in [1.82, 2.24) is 14.5 Å². The molecule has 1 amide bonds. The third-order valence-corrected chi connectivity index (χ3v) is 9.06. The molecular weight excluding hydrogens is 491 g/mol. The van der Waals surface area contributed by atoms with Crippen molar-refractivity contribution < 1.29 is 26.4 Å². The van der Waals surface area contributed by atoms with Crippen LogP contribution in [0.15, 0.2) is 59.5 Å². The SMILES string of the molecule is CC(C)CC1NC2(CCN(S(=O)(=O)c3cccc(C(F)(F)F)c3)CC2)N(C(C)c2ccccc2)C1=O. The molecule has 2 aromatic rings. The average Bonchev–Trinajstić information content (AvgIpc) is 3.08. The summed E-state index contributed by atoms with van der Waals surface area (Å²) in [5.74, 6) is 0.283. The molecule has 1 spiro atoms. The van der Waals surface area contributed by atoms with Gasteiger partial charge in [0.2, 0.25) is 15.9 Å². The van der Waals surface area contributed by atoms with Crippen molar-refractivity contribution in [2.45, 2.75) is 68.9 Å². The van der Waals surface area contributed by atoms with E-state index in [2.05, 4.69) is 19.2 Å². The molecule has 6 nitrogen and oxygen atoms in total. The van der Waals surface area contributed by atoms with Gasteiger partial charge in [0.15, 0.2) is 0 Å². The molecule has 2 heterocycles. The molecule has 196 valence electrons. The third kappa shape index (κ3) is 5.03. The van der Waals surface area contributed by atoms with Crippen LogP contribution in [0.2, 0.25) is 0 Å². The third-order valence-electron chi connectivity index (χ3n) is 7.16. The van der Waals surface area contributed by atoms with E-state index in [0.29, 0.717) is 25.3 Å². The highest BCUT2D eigenvalue weighted by Crippen LogP contribution is 2.41. The van der Waals surface area contributed by atoms with Crippen LogP contribution in [0.3, 0.4) is 0 Å². The Balaban J connectivity index is 1.60. The van der Waals surface area contributed by atoms with Gasteiger partial charge >= 0.3 is 6.18 Å².